The van der Waals surface area contributed by atoms with Crippen molar-refractivity contribution in [2.45, 2.75) is 25.8 Å². The third-order valence-corrected chi connectivity index (χ3v) is 2.38. The van der Waals surface area contributed by atoms with E-state index in [9.17, 15) is 4.79 Å². The van der Waals surface area contributed by atoms with Gasteiger partial charge < -0.3 is 16.8 Å². The molecule has 4 heteroatoms. The topological polar surface area (TPSA) is 81.1 Å². The van der Waals surface area contributed by atoms with Gasteiger partial charge in [0.1, 0.15) is 0 Å². The number of carbonyl (C=O) groups is 1. The molecule has 1 aromatic rings. The Morgan fingerprint density at radius 2 is 2.00 bits per heavy atom. The lowest BCUT2D eigenvalue weighted by molar-refractivity contribution is -0.114. The monoisotopic (exact) mass is 221 g/mol. The number of nitrogens with two attached hydrogens (primary N) is 2. The molecule has 0 aromatic heterocycles. The molecule has 0 aliphatic heterocycles. The zero-order valence-electron chi connectivity index (χ0n) is 9.57. The summed E-state index contributed by atoms with van der Waals surface area (Å²) in [6.45, 7) is 2.15. The van der Waals surface area contributed by atoms with Gasteiger partial charge in [0.2, 0.25) is 5.91 Å². The van der Waals surface area contributed by atoms with E-state index in [1.807, 2.05) is 24.3 Å². The summed E-state index contributed by atoms with van der Waals surface area (Å²) in [5.74, 6) is -0.0693. The molecule has 0 aliphatic carbocycles. The molecule has 0 bridgehead atoms. The fourth-order valence-corrected chi connectivity index (χ4v) is 1.52. The number of amides is 1. The Morgan fingerprint density at radius 3 is 2.50 bits per heavy atom. The first kappa shape index (κ1) is 12.7. The molecular formula is C12H19N3O. The van der Waals surface area contributed by atoms with Gasteiger partial charge >= 0.3 is 0 Å². The molecule has 0 spiro atoms. The number of hydrogen-bond acceptors (Lipinski definition) is 3. The van der Waals surface area contributed by atoms with Crippen LogP contribution in [0.4, 0.5) is 5.69 Å². The Morgan fingerprint density at radius 1 is 1.38 bits per heavy atom. The quantitative estimate of drug-likeness (QED) is 0.702. The Bertz CT molecular complexity index is 335. The van der Waals surface area contributed by atoms with Crippen molar-refractivity contribution < 1.29 is 4.79 Å². The van der Waals surface area contributed by atoms with Gasteiger partial charge in [-0.05, 0) is 37.1 Å². The van der Waals surface area contributed by atoms with Crippen molar-refractivity contribution in [3.8, 4) is 0 Å². The highest BCUT2D eigenvalue weighted by molar-refractivity contribution is 5.88. The lowest BCUT2D eigenvalue weighted by atomic mass is 10.0. The molecule has 4 nitrogen and oxygen atoms in total. The van der Waals surface area contributed by atoms with Crippen molar-refractivity contribution in [1.29, 1.82) is 0 Å². The molecule has 0 saturated heterocycles. The predicted molar refractivity (Wildman–Crippen MR) is 66.0 cm³/mol. The summed E-state index contributed by atoms with van der Waals surface area (Å²) in [4.78, 5) is 10.8. The van der Waals surface area contributed by atoms with Crippen molar-refractivity contribution in [3.63, 3.8) is 0 Å². The SMILES string of the molecule is CC(=O)Nc1ccc([C@H](N)CCCN)cc1. The Labute approximate surface area is 96.0 Å². The first-order valence-electron chi connectivity index (χ1n) is 5.46. The summed E-state index contributed by atoms with van der Waals surface area (Å²) >= 11 is 0. The van der Waals surface area contributed by atoms with Gasteiger partial charge in [-0.1, -0.05) is 12.1 Å². The van der Waals surface area contributed by atoms with Crippen LogP contribution in [-0.4, -0.2) is 12.5 Å². The number of nitrogens with one attached hydrogen (secondary N) is 1. The van der Waals surface area contributed by atoms with Crippen LogP contribution in [0.5, 0.6) is 0 Å². The Balaban J connectivity index is 2.59. The normalized spacial score (nSPS) is 12.2. The van der Waals surface area contributed by atoms with Crippen molar-refractivity contribution in [2.75, 3.05) is 11.9 Å². The smallest absolute Gasteiger partial charge is 0.221 e. The summed E-state index contributed by atoms with van der Waals surface area (Å²) in [5.41, 5.74) is 13.3. The first-order chi connectivity index (χ1) is 7.63. The second-order valence-electron chi connectivity index (χ2n) is 3.84. The van der Waals surface area contributed by atoms with Crippen molar-refractivity contribution in [1.82, 2.24) is 0 Å². The highest BCUT2D eigenvalue weighted by atomic mass is 16.1. The molecule has 0 heterocycles. The lowest BCUT2D eigenvalue weighted by Gasteiger charge is -2.12. The zero-order chi connectivity index (χ0) is 12.0. The standard InChI is InChI=1S/C12H19N3O/c1-9(16)15-11-6-4-10(5-7-11)12(14)3-2-8-13/h4-7,12H,2-3,8,13-14H2,1H3,(H,15,16)/t12-/m1/s1. The zero-order valence-corrected chi connectivity index (χ0v) is 9.57. The second kappa shape index (κ2) is 6.25. The van der Waals surface area contributed by atoms with Gasteiger partial charge in [-0.2, -0.15) is 0 Å². The van der Waals surface area contributed by atoms with Gasteiger partial charge in [0, 0.05) is 18.7 Å². The lowest BCUT2D eigenvalue weighted by Crippen LogP contribution is -2.12. The molecule has 0 aliphatic rings. The van der Waals surface area contributed by atoms with E-state index in [1.165, 1.54) is 6.92 Å². The van der Waals surface area contributed by atoms with Crippen LogP contribution in [0.25, 0.3) is 0 Å². The molecule has 0 saturated carbocycles. The summed E-state index contributed by atoms with van der Waals surface area (Å²) in [6, 6.07) is 7.62. The molecule has 0 fully saturated rings. The van der Waals surface area contributed by atoms with Crippen LogP contribution in [0.15, 0.2) is 24.3 Å². The third kappa shape index (κ3) is 4.00. The third-order valence-electron chi connectivity index (χ3n) is 2.38. The van der Waals surface area contributed by atoms with E-state index < -0.39 is 0 Å². The fraction of sp³-hybridized carbons (Fsp3) is 0.417. The minimum atomic E-state index is -0.0693. The minimum Gasteiger partial charge on any atom is -0.330 e. The average molecular weight is 221 g/mol. The largest absolute Gasteiger partial charge is 0.330 e. The van der Waals surface area contributed by atoms with Crippen molar-refractivity contribution in [3.05, 3.63) is 29.8 Å². The van der Waals surface area contributed by atoms with E-state index in [4.69, 9.17) is 11.5 Å². The molecule has 1 rings (SSSR count). The first-order valence-corrected chi connectivity index (χ1v) is 5.46. The van der Waals surface area contributed by atoms with E-state index in [0.29, 0.717) is 6.54 Å². The van der Waals surface area contributed by atoms with E-state index in [2.05, 4.69) is 5.32 Å². The second-order valence-corrected chi connectivity index (χ2v) is 3.84. The Hall–Kier alpha value is -1.39. The number of anilines is 1. The number of benzene rings is 1. The van der Waals surface area contributed by atoms with Crippen LogP contribution in [0, 0.1) is 0 Å². The Kier molecular flexibility index (Phi) is 4.95. The highest BCUT2D eigenvalue weighted by Gasteiger charge is 2.05. The number of rotatable bonds is 5. The molecule has 1 aromatic carbocycles. The van der Waals surface area contributed by atoms with Crippen molar-refractivity contribution in [2.24, 2.45) is 11.5 Å². The molecule has 1 amide bonds. The van der Waals surface area contributed by atoms with Crippen LogP contribution in [0.3, 0.4) is 0 Å². The molecule has 88 valence electrons. The van der Waals surface area contributed by atoms with Crippen LogP contribution in [0.2, 0.25) is 0 Å². The van der Waals surface area contributed by atoms with Gasteiger partial charge in [0.25, 0.3) is 0 Å². The average Bonchev–Trinajstić information content (AvgIpc) is 2.26. The fourth-order valence-electron chi connectivity index (χ4n) is 1.52. The van der Waals surface area contributed by atoms with Gasteiger partial charge in [-0.25, -0.2) is 0 Å². The number of hydrogen-bond donors (Lipinski definition) is 3. The van der Waals surface area contributed by atoms with E-state index in [-0.39, 0.29) is 11.9 Å². The van der Waals surface area contributed by atoms with Crippen LogP contribution >= 0.6 is 0 Å². The maximum absolute atomic E-state index is 10.8. The summed E-state index contributed by atoms with van der Waals surface area (Å²) in [6.07, 6.45) is 1.81. The molecule has 1 atom stereocenters. The van der Waals surface area contributed by atoms with Crippen LogP contribution in [0.1, 0.15) is 31.4 Å². The molecule has 16 heavy (non-hydrogen) atoms. The minimum absolute atomic E-state index is 0.0231. The van der Waals surface area contributed by atoms with E-state index >= 15 is 0 Å². The molecular weight excluding hydrogens is 202 g/mol. The number of carbonyl (C=O) groups excluding carboxylic acids is 1. The van der Waals surface area contributed by atoms with E-state index in [0.717, 1.165) is 24.1 Å². The van der Waals surface area contributed by atoms with E-state index in [1.54, 1.807) is 0 Å². The van der Waals surface area contributed by atoms with Gasteiger partial charge in [0.15, 0.2) is 0 Å². The van der Waals surface area contributed by atoms with Crippen LogP contribution in [-0.2, 0) is 4.79 Å². The van der Waals surface area contributed by atoms with Crippen LogP contribution < -0.4 is 16.8 Å². The van der Waals surface area contributed by atoms with Crippen molar-refractivity contribution >= 4 is 11.6 Å². The molecule has 0 radical (unpaired) electrons. The van der Waals surface area contributed by atoms with Gasteiger partial charge in [-0.3, -0.25) is 4.79 Å². The predicted octanol–water partition coefficient (Wildman–Crippen LogP) is 1.38. The van der Waals surface area contributed by atoms with Gasteiger partial charge in [-0.15, -0.1) is 0 Å². The summed E-state index contributed by atoms with van der Waals surface area (Å²) < 4.78 is 0. The van der Waals surface area contributed by atoms with Gasteiger partial charge in [0.05, 0.1) is 0 Å². The summed E-state index contributed by atoms with van der Waals surface area (Å²) in [7, 11) is 0. The highest BCUT2D eigenvalue weighted by Crippen LogP contribution is 2.18. The molecule has 5 N–H and O–H groups in total. The maximum Gasteiger partial charge on any atom is 0.221 e. The summed E-state index contributed by atoms with van der Waals surface area (Å²) in [5, 5.41) is 2.71. The maximum atomic E-state index is 10.8. The molecule has 0 unspecified atom stereocenters.